The predicted molar refractivity (Wildman–Crippen MR) is 145 cm³/mol. The normalized spacial score (nSPS) is 15.6. The van der Waals surface area contributed by atoms with Crippen molar-refractivity contribution in [2.45, 2.75) is 25.7 Å². The van der Waals surface area contributed by atoms with Gasteiger partial charge >= 0.3 is 0 Å². The van der Waals surface area contributed by atoms with Gasteiger partial charge in [0, 0.05) is 73.9 Å². The van der Waals surface area contributed by atoms with Crippen molar-refractivity contribution in [3.63, 3.8) is 0 Å². The van der Waals surface area contributed by atoms with Gasteiger partial charge in [-0.05, 0) is 62.1 Å². The SMILES string of the molecule is COc1ccc(N2CCN(CCN(C(=O)c3ccc([N+](=O)[O-])cc3)c3ncnc4c3CCCC4)CC2)cc1. The van der Waals surface area contributed by atoms with E-state index < -0.39 is 4.92 Å². The molecule has 198 valence electrons. The Morgan fingerprint density at radius 3 is 2.39 bits per heavy atom. The Labute approximate surface area is 222 Å². The number of carbonyl (C=O) groups is 1. The lowest BCUT2D eigenvalue weighted by Gasteiger charge is -2.37. The zero-order valence-electron chi connectivity index (χ0n) is 21.6. The molecular weight excluding hydrogens is 484 g/mol. The molecule has 3 aromatic rings. The van der Waals surface area contributed by atoms with E-state index in [-0.39, 0.29) is 11.6 Å². The van der Waals surface area contributed by atoms with Gasteiger partial charge in [0.2, 0.25) is 0 Å². The molecule has 10 heteroatoms. The van der Waals surface area contributed by atoms with Gasteiger partial charge in [-0.3, -0.25) is 24.7 Å². The number of rotatable bonds is 8. The lowest BCUT2D eigenvalue weighted by atomic mass is 9.96. The number of anilines is 2. The number of aromatic nitrogens is 2. The number of hydrogen-bond donors (Lipinski definition) is 0. The van der Waals surface area contributed by atoms with E-state index in [1.165, 1.54) is 30.0 Å². The molecule has 1 saturated heterocycles. The van der Waals surface area contributed by atoms with Crippen molar-refractivity contribution in [2.24, 2.45) is 0 Å². The minimum atomic E-state index is -0.460. The molecule has 2 aromatic carbocycles. The van der Waals surface area contributed by atoms with E-state index in [2.05, 4.69) is 31.9 Å². The first kappa shape index (κ1) is 25.6. The van der Waals surface area contributed by atoms with Crippen molar-refractivity contribution < 1.29 is 14.5 Å². The van der Waals surface area contributed by atoms with Crippen molar-refractivity contribution in [1.29, 1.82) is 0 Å². The average Bonchev–Trinajstić information content (AvgIpc) is 2.97. The number of amides is 1. The van der Waals surface area contributed by atoms with Gasteiger partial charge in [-0.15, -0.1) is 0 Å². The van der Waals surface area contributed by atoms with Crippen molar-refractivity contribution in [3.8, 4) is 5.75 Å². The van der Waals surface area contributed by atoms with Crippen molar-refractivity contribution in [3.05, 3.63) is 81.8 Å². The third-order valence-corrected chi connectivity index (χ3v) is 7.38. The van der Waals surface area contributed by atoms with Gasteiger partial charge in [-0.2, -0.15) is 0 Å². The molecule has 2 heterocycles. The highest BCUT2D eigenvalue weighted by atomic mass is 16.6. The maximum Gasteiger partial charge on any atom is 0.269 e. The molecule has 2 aliphatic rings. The second kappa shape index (κ2) is 11.6. The van der Waals surface area contributed by atoms with Gasteiger partial charge in [-0.25, -0.2) is 9.97 Å². The summed E-state index contributed by atoms with van der Waals surface area (Å²) in [4.78, 5) is 39.9. The maximum absolute atomic E-state index is 13.7. The quantitative estimate of drug-likeness (QED) is 0.329. The van der Waals surface area contributed by atoms with Crippen LogP contribution >= 0.6 is 0 Å². The lowest BCUT2D eigenvalue weighted by Crippen LogP contribution is -2.49. The van der Waals surface area contributed by atoms with Crippen LogP contribution in [0.15, 0.2) is 54.9 Å². The molecule has 0 unspecified atom stereocenters. The third kappa shape index (κ3) is 5.60. The third-order valence-electron chi connectivity index (χ3n) is 7.38. The predicted octanol–water partition coefficient (Wildman–Crippen LogP) is 3.74. The number of ether oxygens (including phenoxy) is 1. The fourth-order valence-corrected chi connectivity index (χ4v) is 5.19. The van der Waals surface area contributed by atoms with Crippen LogP contribution in [0.25, 0.3) is 0 Å². The molecule has 1 amide bonds. The first-order valence-corrected chi connectivity index (χ1v) is 13.0. The Morgan fingerprint density at radius 1 is 1.00 bits per heavy atom. The first-order valence-electron chi connectivity index (χ1n) is 13.0. The summed E-state index contributed by atoms with van der Waals surface area (Å²) in [6.45, 7) is 4.73. The molecule has 1 aromatic heterocycles. The molecule has 1 aliphatic heterocycles. The Bertz CT molecular complexity index is 1270. The van der Waals surface area contributed by atoms with Crippen molar-refractivity contribution >= 4 is 23.1 Å². The molecule has 38 heavy (non-hydrogen) atoms. The standard InChI is InChI=1S/C28H32N6O4/c1-38-24-12-10-22(11-13-24)32-17-14-31(15-18-32)16-19-33(27-25-4-2-3-5-26(25)29-20-30-27)28(35)21-6-8-23(9-7-21)34(36)37/h6-13,20H,2-5,14-19H2,1H3. The zero-order valence-corrected chi connectivity index (χ0v) is 21.6. The fourth-order valence-electron chi connectivity index (χ4n) is 5.19. The maximum atomic E-state index is 13.7. The van der Waals surface area contributed by atoms with Crippen LogP contribution < -0.4 is 14.5 Å². The molecule has 0 radical (unpaired) electrons. The van der Waals surface area contributed by atoms with Gasteiger partial charge in [0.25, 0.3) is 11.6 Å². The largest absolute Gasteiger partial charge is 0.497 e. The van der Waals surface area contributed by atoms with Crippen molar-refractivity contribution in [2.75, 3.05) is 56.2 Å². The summed E-state index contributed by atoms with van der Waals surface area (Å²) in [5.74, 6) is 1.30. The van der Waals surface area contributed by atoms with Crippen LogP contribution in [0.3, 0.4) is 0 Å². The summed E-state index contributed by atoms with van der Waals surface area (Å²) < 4.78 is 5.27. The van der Waals surface area contributed by atoms with E-state index in [1.54, 1.807) is 18.3 Å². The molecular formula is C28H32N6O4. The average molecular weight is 517 g/mol. The second-order valence-electron chi connectivity index (χ2n) is 9.62. The topological polar surface area (TPSA) is 105 Å². The van der Waals surface area contributed by atoms with Gasteiger partial charge in [0.1, 0.15) is 17.9 Å². The number of hydrogen-bond acceptors (Lipinski definition) is 8. The molecule has 1 fully saturated rings. The van der Waals surface area contributed by atoms with E-state index in [0.717, 1.165) is 68.9 Å². The molecule has 10 nitrogen and oxygen atoms in total. The van der Waals surface area contributed by atoms with Crippen molar-refractivity contribution in [1.82, 2.24) is 14.9 Å². The van der Waals surface area contributed by atoms with Crippen LogP contribution in [0.2, 0.25) is 0 Å². The summed E-state index contributed by atoms with van der Waals surface area (Å²) in [6.07, 6.45) is 5.40. The number of fused-ring (bicyclic) bond motifs is 1. The number of non-ortho nitro benzene ring substituents is 1. The Balaban J connectivity index is 1.31. The summed E-state index contributed by atoms with van der Waals surface area (Å²) in [5, 5.41) is 11.1. The smallest absolute Gasteiger partial charge is 0.269 e. The highest BCUT2D eigenvalue weighted by Crippen LogP contribution is 2.29. The minimum absolute atomic E-state index is 0.0396. The number of piperazine rings is 1. The van der Waals surface area contributed by atoms with Gasteiger partial charge in [0.15, 0.2) is 0 Å². The molecule has 0 N–H and O–H groups in total. The van der Waals surface area contributed by atoms with E-state index in [9.17, 15) is 14.9 Å². The summed E-state index contributed by atoms with van der Waals surface area (Å²) in [5.41, 5.74) is 3.59. The molecule has 0 atom stereocenters. The molecule has 5 rings (SSSR count). The number of nitro benzene ring substituents is 1. The number of nitrogens with zero attached hydrogens (tertiary/aromatic N) is 6. The fraction of sp³-hybridized carbons (Fsp3) is 0.393. The van der Waals surface area contributed by atoms with E-state index in [1.807, 2.05) is 12.1 Å². The molecule has 1 aliphatic carbocycles. The Hall–Kier alpha value is -4.05. The highest BCUT2D eigenvalue weighted by molar-refractivity contribution is 6.06. The number of aryl methyl sites for hydroxylation is 1. The summed E-state index contributed by atoms with van der Waals surface area (Å²) >= 11 is 0. The lowest BCUT2D eigenvalue weighted by molar-refractivity contribution is -0.384. The molecule has 0 spiro atoms. The second-order valence-corrected chi connectivity index (χ2v) is 9.62. The number of nitro groups is 1. The number of methoxy groups -OCH3 is 1. The summed E-state index contributed by atoms with van der Waals surface area (Å²) in [6, 6.07) is 13.9. The van der Waals surface area contributed by atoms with Crippen LogP contribution in [-0.2, 0) is 12.8 Å². The molecule has 0 saturated carbocycles. The first-order chi connectivity index (χ1) is 18.5. The monoisotopic (exact) mass is 516 g/mol. The number of benzene rings is 2. The highest BCUT2D eigenvalue weighted by Gasteiger charge is 2.27. The van der Waals surface area contributed by atoms with Crippen LogP contribution in [-0.4, -0.2) is 72.1 Å². The Kier molecular flexibility index (Phi) is 7.78. The van der Waals surface area contributed by atoms with Gasteiger partial charge in [0.05, 0.1) is 12.0 Å². The van der Waals surface area contributed by atoms with Crippen LogP contribution in [0.1, 0.15) is 34.5 Å². The van der Waals surface area contributed by atoms with Crippen LogP contribution in [0, 0.1) is 10.1 Å². The van der Waals surface area contributed by atoms with Gasteiger partial charge in [-0.1, -0.05) is 0 Å². The van der Waals surface area contributed by atoms with Crippen LogP contribution in [0.5, 0.6) is 5.75 Å². The van der Waals surface area contributed by atoms with E-state index in [0.29, 0.717) is 24.5 Å². The summed E-state index contributed by atoms with van der Waals surface area (Å²) in [7, 11) is 1.67. The van der Waals surface area contributed by atoms with E-state index in [4.69, 9.17) is 4.74 Å². The zero-order chi connectivity index (χ0) is 26.5. The Morgan fingerprint density at radius 2 is 1.71 bits per heavy atom. The van der Waals surface area contributed by atoms with E-state index >= 15 is 0 Å². The molecule has 0 bridgehead atoms. The minimum Gasteiger partial charge on any atom is -0.497 e. The van der Waals surface area contributed by atoms with Gasteiger partial charge < -0.3 is 9.64 Å². The van der Waals surface area contributed by atoms with Crippen LogP contribution in [0.4, 0.5) is 17.2 Å². The number of carbonyl (C=O) groups excluding carboxylic acids is 1.